The Balaban J connectivity index is 1.54. The van der Waals surface area contributed by atoms with E-state index in [0.29, 0.717) is 0 Å². The first-order valence-electron chi connectivity index (χ1n) is 9.28. The molecule has 0 aliphatic carbocycles. The van der Waals surface area contributed by atoms with Crippen molar-refractivity contribution in [2.75, 3.05) is 11.9 Å². The standard InChI is InChI=1S/C19H25N5O/c1-14-7-5-8-15(13-14)20-19(25)23-12-6-9-16(23)18-22-21-17-10-3-2-4-11-24(17)18/h5,7-8,13,16H,2-4,6,9-12H2,1H3,(H,20,25)/t16-/m1/s1. The minimum Gasteiger partial charge on any atom is -0.314 e. The number of carbonyl (C=O) groups excluding carboxylic acids is 1. The van der Waals surface area contributed by atoms with E-state index in [1.807, 2.05) is 36.1 Å². The van der Waals surface area contributed by atoms with Crippen molar-refractivity contribution in [3.63, 3.8) is 0 Å². The quantitative estimate of drug-likeness (QED) is 0.908. The summed E-state index contributed by atoms with van der Waals surface area (Å²) in [7, 11) is 0. The van der Waals surface area contributed by atoms with Gasteiger partial charge in [0.2, 0.25) is 0 Å². The van der Waals surface area contributed by atoms with Crippen LogP contribution in [0.4, 0.5) is 10.5 Å². The van der Waals surface area contributed by atoms with Crippen LogP contribution in [0, 0.1) is 6.92 Å². The molecule has 2 aromatic rings. The fraction of sp³-hybridized carbons (Fsp3) is 0.526. The average Bonchev–Trinajstić information content (AvgIpc) is 3.16. The van der Waals surface area contributed by atoms with E-state index in [1.165, 1.54) is 19.3 Å². The molecular formula is C19H25N5O. The highest BCUT2D eigenvalue weighted by molar-refractivity contribution is 5.89. The second-order valence-electron chi connectivity index (χ2n) is 7.09. The van der Waals surface area contributed by atoms with Crippen molar-refractivity contribution in [1.29, 1.82) is 0 Å². The number of carbonyl (C=O) groups is 1. The maximum atomic E-state index is 12.8. The Hall–Kier alpha value is -2.37. The second-order valence-corrected chi connectivity index (χ2v) is 7.09. The smallest absolute Gasteiger partial charge is 0.314 e. The van der Waals surface area contributed by atoms with Crippen LogP contribution in [0.25, 0.3) is 0 Å². The topological polar surface area (TPSA) is 63.1 Å². The van der Waals surface area contributed by atoms with Crippen LogP contribution in [0.1, 0.15) is 55.4 Å². The maximum Gasteiger partial charge on any atom is 0.322 e. The van der Waals surface area contributed by atoms with Crippen LogP contribution in [-0.4, -0.2) is 32.2 Å². The lowest BCUT2D eigenvalue weighted by Crippen LogP contribution is -2.35. The number of anilines is 1. The van der Waals surface area contributed by atoms with Gasteiger partial charge in [-0.3, -0.25) is 0 Å². The van der Waals surface area contributed by atoms with Crippen LogP contribution in [0.5, 0.6) is 0 Å². The second kappa shape index (κ2) is 6.86. The fourth-order valence-electron chi connectivity index (χ4n) is 3.95. The number of aryl methyl sites for hydroxylation is 2. The van der Waals surface area contributed by atoms with Gasteiger partial charge >= 0.3 is 6.03 Å². The molecule has 1 atom stereocenters. The molecule has 0 unspecified atom stereocenters. The molecule has 6 nitrogen and oxygen atoms in total. The summed E-state index contributed by atoms with van der Waals surface area (Å²) in [6.07, 6.45) is 6.55. The minimum atomic E-state index is -0.0425. The normalized spacial score (nSPS) is 20.2. The molecule has 1 saturated heterocycles. The molecule has 0 spiro atoms. The zero-order chi connectivity index (χ0) is 17.2. The molecule has 1 aromatic heterocycles. The summed E-state index contributed by atoms with van der Waals surface area (Å²) >= 11 is 0. The zero-order valence-electron chi connectivity index (χ0n) is 14.7. The molecule has 1 fully saturated rings. The van der Waals surface area contributed by atoms with Crippen molar-refractivity contribution in [2.45, 2.75) is 58.0 Å². The highest BCUT2D eigenvalue weighted by atomic mass is 16.2. The van der Waals surface area contributed by atoms with Crippen LogP contribution >= 0.6 is 0 Å². The third-order valence-corrected chi connectivity index (χ3v) is 5.22. The number of urea groups is 1. The van der Waals surface area contributed by atoms with Crippen molar-refractivity contribution in [3.8, 4) is 0 Å². The Morgan fingerprint density at radius 3 is 2.96 bits per heavy atom. The number of hydrogen-bond acceptors (Lipinski definition) is 3. The number of aromatic nitrogens is 3. The summed E-state index contributed by atoms with van der Waals surface area (Å²) in [6, 6.07) is 7.90. The van der Waals surface area contributed by atoms with E-state index in [9.17, 15) is 4.79 Å². The summed E-state index contributed by atoms with van der Waals surface area (Å²) in [5.74, 6) is 2.05. The van der Waals surface area contributed by atoms with E-state index < -0.39 is 0 Å². The van der Waals surface area contributed by atoms with Gasteiger partial charge in [-0.2, -0.15) is 0 Å². The van der Waals surface area contributed by atoms with Crippen molar-refractivity contribution >= 4 is 11.7 Å². The van der Waals surface area contributed by atoms with E-state index >= 15 is 0 Å². The number of rotatable bonds is 2. The van der Waals surface area contributed by atoms with Crippen LogP contribution < -0.4 is 5.32 Å². The van der Waals surface area contributed by atoms with Gasteiger partial charge < -0.3 is 14.8 Å². The Morgan fingerprint density at radius 2 is 2.08 bits per heavy atom. The molecule has 6 heteroatoms. The first-order chi connectivity index (χ1) is 12.2. The Kier molecular flexibility index (Phi) is 4.42. The average molecular weight is 339 g/mol. The first-order valence-corrected chi connectivity index (χ1v) is 9.28. The van der Waals surface area contributed by atoms with Gasteiger partial charge in [-0.1, -0.05) is 18.6 Å². The molecule has 0 bridgehead atoms. The molecule has 1 aromatic carbocycles. The SMILES string of the molecule is Cc1cccc(NC(=O)N2CCC[C@@H]2c2nnc3n2CCCCC3)c1. The number of likely N-dealkylation sites (tertiary alicyclic amines) is 1. The molecule has 1 N–H and O–H groups in total. The number of nitrogens with one attached hydrogen (secondary N) is 1. The summed E-state index contributed by atoms with van der Waals surface area (Å²) < 4.78 is 2.26. The van der Waals surface area contributed by atoms with Crippen molar-refractivity contribution in [3.05, 3.63) is 41.5 Å². The molecule has 0 radical (unpaired) electrons. The molecule has 25 heavy (non-hydrogen) atoms. The van der Waals surface area contributed by atoms with Gasteiger partial charge in [-0.25, -0.2) is 4.79 Å². The molecule has 4 rings (SSSR count). The van der Waals surface area contributed by atoms with E-state index in [1.54, 1.807) is 0 Å². The minimum absolute atomic E-state index is 0.0316. The molecule has 132 valence electrons. The molecule has 2 aliphatic rings. The number of amides is 2. The van der Waals surface area contributed by atoms with Crippen LogP contribution in [0.15, 0.2) is 24.3 Å². The highest BCUT2D eigenvalue weighted by Gasteiger charge is 2.34. The van der Waals surface area contributed by atoms with E-state index in [4.69, 9.17) is 0 Å². The lowest BCUT2D eigenvalue weighted by Gasteiger charge is -2.25. The van der Waals surface area contributed by atoms with E-state index in [-0.39, 0.29) is 12.1 Å². The van der Waals surface area contributed by atoms with Crippen LogP contribution in [-0.2, 0) is 13.0 Å². The lowest BCUT2D eigenvalue weighted by atomic mass is 10.2. The number of fused-ring (bicyclic) bond motifs is 1. The number of nitrogens with zero attached hydrogens (tertiary/aromatic N) is 4. The van der Waals surface area contributed by atoms with Gasteiger partial charge in [0.05, 0.1) is 6.04 Å². The van der Waals surface area contributed by atoms with Crippen molar-refractivity contribution in [1.82, 2.24) is 19.7 Å². The Morgan fingerprint density at radius 1 is 1.16 bits per heavy atom. The number of hydrogen-bond donors (Lipinski definition) is 1. The predicted octanol–water partition coefficient (Wildman–Crippen LogP) is 3.68. The highest BCUT2D eigenvalue weighted by Crippen LogP contribution is 2.32. The van der Waals surface area contributed by atoms with E-state index in [2.05, 4.69) is 20.1 Å². The van der Waals surface area contributed by atoms with Gasteiger partial charge in [0.25, 0.3) is 0 Å². The van der Waals surface area contributed by atoms with Gasteiger partial charge in [0.15, 0.2) is 5.82 Å². The van der Waals surface area contributed by atoms with Crippen molar-refractivity contribution in [2.24, 2.45) is 0 Å². The lowest BCUT2D eigenvalue weighted by molar-refractivity contribution is 0.203. The Labute approximate surface area is 148 Å². The largest absolute Gasteiger partial charge is 0.322 e. The third kappa shape index (κ3) is 3.25. The predicted molar refractivity (Wildman–Crippen MR) is 96.5 cm³/mol. The first kappa shape index (κ1) is 16.1. The van der Waals surface area contributed by atoms with E-state index in [0.717, 1.165) is 55.3 Å². The maximum absolute atomic E-state index is 12.8. The van der Waals surface area contributed by atoms with Gasteiger partial charge in [0, 0.05) is 25.2 Å². The van der Waals surface area contributed by atoms with Gasteiger partial charge in [-0.05, 0) is 50.3 Å². The molecule has 2 aliphatic heterocycles. The van der Waals surface area contributed by atoms with Gasteiger partial charge in [-0.15, -0.1) is 10.2 Å². The zero-order valence-corrected chi connectivity index (χ0v) is 14.7. The summed E-state index contributed by atoms with van der Waals surface area (Å²) in [5, 5.41) is 11.9. The van der Waals surface area contributed by atoms with Gasteiger partial charge in [0.1, 0.15) is 5.82 Å². The monoisotopic (exact) mass is 339 g/mol. The third-order valence-electron chi connectivity index (χ3n) is 5.22. The Bertz CT molecular complexity index is 769. The molecular weight excluding hydrogens is 314 g/mol. The number of benzene rings is 1. The molecule has 3 heterocycles. The summed E-state index contributed by atoms with van der Waals surface area (Å²) in [4.78, 5) is 14.7. The summed E-state index contributed by atoms with van der Waals surface area (Å²) in [6.45, 7) is 3.77. The molecule has 2 amide bonds. The van der Waals surface area contributed by atoms with Crippen LogP contribution in [0.2, 0.25) is 0 Å². The molecule has 0 saturated carbocycles. The van der Waals surface area contributed by atoms with Crippen LogP contribution in [0.3, 0.4) is 0 Å². The fourth-order valence-corrected chi connectivity index (χ4v) is 3.95. The van der Waals surface area contributed by atoms with Crippen molar-refractivity contribution < 1.29 is 4.79 Å². The summed E-state index contributed by atoms with van der Waals surface area (Å²) in [5.41, 5.74) is 1.98.